The highest BCUT2D eigenvalue weighted by molar-refractivity contribution is 7.92. The fourth-order valence-electron chi connectivity index (χ4n) is 3.63. The van der Waals surface area contributed by atoms with Crippen LogP contribution in [0.1, 0.15) is 17.3 Å². The van der Waals surface area contributed by atoms with E-state index in [2.05, 4.69) is 4.99 Å². The number of hydrogen-bond acceptors (Lipinski definition) is 7. The van der Waals surface area contributed by atoms with Crippen LogP contribution in [-0.4, -0.2) is 44.1 Å². The number of aromatic nitrogens is 1. The third-order valence-corrected chi connectivity index (χ3v) is 8.48. The number of carbonyl (C=O) groups excluding carboxylic acids is 1. The summed E-state index contributed by atoms with van der Waals surface area (Å²) in [7, 11) is -2.36. The van der Waals surface area contributed by atoms with E-state index >= 15 is 0 Å². The second kappa shape index (κ2) is 11.0. The van der Waals surface area contributed by atoms with Gasteiger partial charge in [-0.2, -0.15) is 4.99 Å². The largest absolute Gasteiger partial charge is 0.380 e. The number of para-hydroxylation sites is 1. The molecule has 4 aromatic rings. The molecule has 0 radical (unpaired) electrons. The maximum absolute atomic E-state index is 13.0. The van der Waals surface area contributed by atoms with Crippen molar-refractivity contribution in [2.45, 2.75) is 18.4 Å². The van der Waals surface area contributed by atoms with Gasteiger partial charge < -0.3 is 9.30 Å². The number of nitro groups is 1. The highest BCUT2D eigenvalue weighted by Crippen LogP contribution is 2.24. The molecule has 0 saturated carbocycles. The van der Waals surface area contributed by atoms with Gasteiger partial charge in [0.1, 0.15) is 0 Å². The number of fused-ring (bicyclic) bond motifs is 1. The molecule has 0 aliphatic heterocycles. The Morgan fingerprint density at radius 3 is 2.46 bits per heavy atom. The molecule has 0 saturated heterocycles. The van der Waals surface area contributed by atoms with E-state index in [9.17, 15) is 23.3 Å². The molecule has 10 nitrogen and oxygen atoms in total. The molecule has 3 aromatic carbocycles. The van der Waals surface area contributed by atoms with Crippen LogP contribution < -0.4 is 9.11 Å². The molecule has 0 aliphatic rings. The average molecular weight is 541 g/mol. The summed E-state index contributed by atoms with van der Waals surface area (Å²) in [4.78, 5) is 28.4. The van der Waals surface area contributed by atoms with E-state index in [0.717, 1.165) is 4.70 Å². The number of nitrogens with zero attached hydrogens (tertiary/aromatic N) is 4. The van der Waals surface area contributed by atoms with E-state index in [-0.39, 0.29) is 16.1 Å². The smallest absolute Gasteiger partial charge is 0.279 e. The third kappa shape index (κ3) is 5.61. The van der Waals surface area contributed by atoms with Gasteiger partial charge in [-0.25, -0.2) is 8.42 Å². The predicted molar refractivity (Wildman–Crippen MR) is 141 cm³/mol. The number of benzene rings is 3. The van der Waals surface area contributed by atoms with Crippen molar-refractivity contribution in [3.63, 3.8) is 0 Å². The number of ether oxygens (including phenoxy) is 1. The number of hydrogen-bond donors (Lipinski definition) is 0. The number of rotatable bonds is 9. The predicted octanol–water partition coefficient (Wildman–Crippen LogP) is 4.21. The number of thiazole rings is 1. The number of sulfonamides is 1. The minimum atomic E-state index is -3.82. The van der Waals surface area contributed by atoms with Crippen LogP contribution in [0, 0.1) is 10.1 Å². The van der Waals surface area contributed by atoms with Crippen LogP contribution in [0.5, 0.6) is 0 Å². The van der Waals surface area contributed by atoms with Crippen molar-refractivity contribution < 1.29 is 22.9 Å². The zero-order valence-electron chi connectivity index (χ0n) is 20.1. The van der Waals surface area contributed by atoms with Gasteiger partial charge in [0.2, 0.25) is 0 Å². The molecule has 0 N–H and O–H groups in total. The highest BCUT2D eigenvalue weighted by atomic mass is 32.2. The maximum atomic E-state index is 13.0. The molecule has 0 unspecified atom stereocenters. The molecule has 1 heterocycles. The zero-order chi connectivity index (χ0) is 26.6. The van der Waals surface area contributed by atoms with Gasteiger partial charge >= 0.3 is 0 Å². The molecule has 0 spiro atoms. The molecule has 37 heavy (non-hydrogen) atoms. The van der Waals surface area contributed by atoms with Crippen LogP contribution in [0.2, 0.25) is 0 Å². The van der Waals surface area contributed by atoms with Crippen molar-refractivity contribution in [3.8, 4) is 0 Å². The SMILES string of the molecule is CCOCCn1c(=NC(=O)c2ccc(S(=O)(=O)N(C)c3ccccc3)cc2)sc2ccc([N+](=O)[O-])cc21. The van der Waals surface area contributed by atoms with Gasteiger partial charge in [0.05, 0.1) is 32.3 Å². The van der Waals surface area contributed by atoms with Crippen molar-refractivity contribution >= 4 is 48.9 Å². The number of non-ortho nitro benzene ring substituents is 1. The summed E-state index contributed by atoms with van der Waals surface area (Å²) >= 11 is 1.23. The fraction of sp³-hybridized carbons (Fsp3) is 0.200. The molecular weight excluding hydrogens is 516 g/mol. The van der Waals surface area contributed by atoms with Crippen LogP contribution >= 0.6 is 11.3 Å². The Balaban J connectivity index is 1.67. The molecular formula is C25H24N4O6S2. The van der Waals surface area contributed by atoms with Crippen molar-refractivity contribution in [1.82, 2.24) is 4.57 Å². The lowest BCUT2D eigenvalue weighted by atomic mass is 10.2. The molecule has 0 bridgehead atoms. The van der Waals surface area contributed by atoms with Crippen LogP contribution in [0.25, 0.3) is 10.2 Å². The van der Waals surface area contributed by atoms with Gasteiger partial charge in [0.25, 0.3) is 21.6 Å². The van der Waals surface area contributed by atoms with E-state index in [1.165, 1.54) is 59.1 Å². The molecule has 1 aromatic heterocycles. The van der Waals surface area contributed by atoms with E-state index < -0.39 is 20.9 Å². The van der Waals surface area contributed by atoms with Crippen molar-refractivity contribution in [2.75, 3.05) is 24.6 Å². The Morgan fingerprint density at radius 2 is 1.81 bits per heavy atom. The lowest BCUT2D eigenvalue weighted by molar-refractivity contribution is -0.384. The maximum Gasteiger partial charge on any atom is 0.279 e. The Bertz CT molecular complexity index is 1610. The third-order valence-electron chi connectivity index (χ3n) is 5.62. The first kappa shape index (κ1) is 26.2. The molecule has 1 amide bonds. The molecule has 4 rings (SSSR count). The summed E-state index contributed by atoms with van der Waals surface area (Å²) < 4.78 is 35.1. The summed E-state index contributed by atoms with van der Waals surface area (Å²) in [6.07, 6.45) is 0. The minimum Gasteiger partial charge on any atom is -0.380 e. The topological polar surface area (TPSA) is 124 Å². The molecule has 0 aliphatic carbocycles. The van der Waals surface area contributed by atoms with Crippen LogP contribution in [0.4, 0.5) is 11.4 Å². The summed E-state index contributed by atoms with van der Waals surface area (Å²) in [5.41, 5.74) is 1.24. The van der Waals surface area contributed by atoms with E-state index in [1.807, 2.05) is 6.92 Å². The quantitative estimate of drug-likeness (QED) is 0.178. The molecule has 0 atom stereocenters. The van der Waals surface area contributed by atoms with Gasteiger partial charge in [-0.15, -0.1) is 0 Å². The van der Waals surface area contributed by atoms with Gasteiger partial charge in [0, 0.05) is 37.9 Å². The van der Waals surface area contributed by atoms with E-state index in [4.69, 9.17) is 4.74 Å². The fourth-order valence-corrected chi connectivity index (χ4v) is 5.86. The van der Waals surface area contributed by atoms with Crippen molar-refractivity contribution in [1.29, 1.82) is 0 Å². The summed E-state index contributed by atoms with van der Waals surface area (Å²) in [6, 6.07) is 18.7. The van der Waals surface area contributed by atoms with Crippen molar-refractivity contribution in [2.24, 2.45) is 4.99 Å². The number of amides is 1. The van der Waals surface area contributed by atoms with Crippen molar-refractivity contribution in [3.05, 3.63) is 93.3 Å². The normalized spacial score (nSPS) is 12.1. The second-order valence-corrected chi connectivity index (χ2v) is 10.9. The molecule has 0 fully saturated rings. The van der Waals surface area contributed by atoms with Gasteiger partial charge in [-0.1, -0.05) is 29.5 Å². The van der Waals surface area contributed by atoms with E-state index in [1.54, 1.807) is 41.0 Å². The Hall–Kier alpha value is -3.87. The first-order chi connectivity index (χ1) is 17.7. The lowest BCUT2D eigenvalue weighted by Gasteiger charge is -2.19. The summed E-state index contributed by atoms with van der Waals surface area (Å²) in [6.45, 7) is 3.05. The van der Waals surface area contributed by atoms with E-state index in [0.29, 0.717) is 35.8 Å². The number of nitro benzene ring substituents is 1. The van der Waals surface area contributed by atoms with Gasteiger partial charge in [0.15, 0.2) is 4.80 Å². The second-order valence-electron chi connectivity index (χ2n) is 7.89. The minimum absolute atomic E-state index is 0.0383. The number of anilines is 1. The zero-order valence-corrected chi connectivity index (χ0v) is 21.7. The average Bonchev–Trinajstić information content (AvgIpc) is 3.24. The van der Waals surface area contributed by atoms with Gasteiger partial charge in [-0.3, -0.25) is 19.2 Å². The summed E-state index contributed by atoms with van der Waals surface area (Å²) in [5, 5.41) is 11.3. The Kier molecular flexibility index (Phi) is 7.81. The molecule has 192 valence electrons. The Morgan fingerprint density at radius 1 is 1.11 bits per heavy atom. The van der Waals surface area contributed by atoms with Crippen LogP contribution in [-0.2, 0) is 21.3 Å². The van der Waals surface area contributed by atoms with Crippen LogP contribution in [0.3, 0.4) is 0 Å². The first-order valence-electron chi connectivity index (χ1n) is 11.3. The lowest BCUT2D eigenvalue weighted by Crippen LogP contribution is -2.26. The summed E-state index contributed by atoms with van der Waals surface area (Å²) in [5.74, 6) is -0.563. The highest BCUT2D eigenvalue weighted by Gasteiger charge is 2.21. The Labute approximate surface area is 217 Å². The standard InChI is InChI=1S/C25H24N4O6S2/c1-3-35-16-15-28-22-17-20(29(31)32)11-14-23(22)36-25(28)26-24(30)18-9-12-21(13-10-18)37(33,34)27(2)19-7-5-4-6-8-19/h4-14,17H,3,15-16H2,1-2H3. The van der Waals surface area contributed by atoms with Gasteiger partial charge in [-0.05, 0) is 49.4 Å². The first-order valence-corrected chi connectivity index (χ1v) is 13.6. The number of carbonyl (C=O) groups is 1. The molecule has 12 heteroatoms. The van der Waals surface area contributed by atoms with Crippen LogP contribution in [0.15, 0.2) is 82.7 Å². The monoisotopic (exact) mass is 540 g/mol.